The number of aryl methyl sites for hydroxylation is 1. The van der Waals surface area contributed by atoms with Gasteiger partial charge < -0.3 is 0 Å². The van der Waals surface area contributed by atoms with Crippen LogP contribution in [-0.2, 0) is 10.0 Å². The predicted octanol–water partition coefficient (Wildman–Crippen LogP) is 4.62. The summed E-state index contributed by atoms with van der Waals surface area (Å²) in [5, 5.41) is 0. The average molecular weight is 422 g/mol. The Labute approximate surface area is 170 Å². The van der Waals surface area contributed by atoms with E-state index in [4.69, 9.17) is 0 Å². The Balaban J connectivity index is 1.75. The van der Waals surface area contributed by atoms with Crippen molar-refractivity contribution in [2.45, 2.75) is 39.0 Å². The summed E-state index contributed by atoms with van der Waals surface area (Å²) in [5.74, 6) is -1.81. The zero-order valence-corrected chi connectivity index (χ0v) is 17.2. The van der Waals surface area contributed by atoms with Crippen LogP contribution in [0.25, 0.3) is 11.1 Å². The molecule has 1 N–H and O–H groups in total. The molecule has 1 saturated carbocycles. The number of carbonyl (C=O) groups excluding carboxylic acids is 1. The molecule has 0 aliphatic heterocycles. The van der Waals surface area contributed by atoms with E-state index in [0.717, 1.165) is 32.1 Å². The van der Waals surface area contributed by atoms with Crippen LogP contribution >= 0.6 is 0 Å². The molecule has 0 atom stereocenters. The molecule has 3 rings (SSSR count). The molecular formula is C22H25F2NO3S. The molecule has 2 aromatic carbocycles. The minimum absolute atomic E-state index is 0.0168. The number of sulfonamides is 1. The Morgan fingerprint density at radius 1 is 1.10 bits per heavy atom. The van der Waals surface area contributed by atoms with E-state index in [0.29, 0.717) is 5.56 Å². The van der Waals surface area contributed by atoms with E-state index in [2.05, 4.69) is 4.72 Å². The first-order chi connectivity index (χ1) is 13.8. The molecule has 0 bridgehead atoms. The zero-order chi connectivity index (χ0) is 21.0. The number of halogens is 2. The van der Waals surface area contributed by atoms with Crippen LogP contribution in [0.2, 0.25) is 0 Å². The fraction of sp³-hybridized carbons (Fsp3) is 0.409. The van der Waals surface area contributed by atoms with Crippen molar-refractivity contribution >= 4 is 15.8 Å². The molecule has 0 aromatic heterocycles. The lowest BCUT2D eigenvalue weighted by atomic mass is 9.91. The summed E-state index contributed by atoms with van der Waals surface area (Å²) in [5.41, 5.74) is 0.570. The Bertz CT molecular complexity index is 999. The fourth-order valence-electron chi connectivity index (χ4n) is 3.82. The molecule has 7 heteroatoms. The van der Waals surface area contributed by atoms with Crippen LogP contribution in [0, 0.1) is 24.5 Å². The molecule has 0 spiro atoms. The Morgan fingerprint density at radius 2 is 1.79 bits per heavy atom. The smallest absolute Gasteiger partial charge is 0.212 e. The summed E-state index contributed by atoms with van der Waals surface area (Å²) in [6.07, 6.45) is 4.90. The standard InChI is InChI=1S/C22H25F2NO3S/c1-15-11-17(18-9-5-6-10-20(18)23)12-19(22(15)24)21(26)13-25-29(27,28)14-16-7-3-2-4-8-16/h5-6,9-12,16,25H,2-4,7-8,13-14H2,1H3. The fourth-order valence-corrected chi connectivity index (χ4v) is 5.24. The number of nitrogens with one attached hydrogen (secondary N) is 1. The topological polar surface area (TPSA) is 63.2 Å². The number of Topliss-reactive ketones (excluding diaryl/α,β-unsaturated/α-hetero) is 1. The van der Waals surface area contributed by atoms with Crippen LogP contribution in [0.1, 0.15) is 48.0 Å². The lowest BCUT2D eigenvalue weighted by molar-refractivity contribution is 0.0993. The molecule has 0 radical (unpaired) electrons. The summed E-state index contributed by atoms with van der Waals surface area (Å²) in [7, 11) is -3.63. The number of carbonyl (C=O) groups is 1. The average Bonchev–Trinajstić information content (AvgIpc) is 2.69. The molecule has 1 fully saturated rings. The lowest BCUT2D eigenvalue weighted by Gasteiger charge is -2.21. The van der Waals surface area contributed by atoms with Crippen LogP contribution < -0.4 is 4.72 Å². The third-order valence-corrected chi connectivity index (χ3v) is 6.87. The van der Waals surface area contributed by atoms with E-state index in [1.54, 1.807) is 18.2 Å². The van der Waals surface area contributed by atoms with E-state index in [1.807, 2.05) is 0 Å². The van der Waals surface area contributed by atoms with Crippen molar-refractivity contribution in [2.75, 3.05) is 12.3 Å². The van der Waals surface area contributed by atoms with Crippen molar-refractivity contribution in [3.8, 4) is 11.1 Å². The van der Waals surface area contributed by atoms with E-state index in [9.17, 15) is 22.0 Å². The Kier molecular flexibility index (Phi) is 6.80. The quantitative estimate of drug-likeness (QED) is 0.664. The maximum atomic E-state index is 14.5. The van der Waals surface area contributed by atoms with Crippen LogP contribution in [0.5, 0.6) is 0 Å². The molecule has 4 nitrogen and oxygen atoms in total. The largest absolute Gasteiger partial charge is 0.293 e. The number of benzene rings is 2. The number of rotatable bonds is 7. The van der Waals surface area contributed by atoms with Crippen LogP contribution in [-0.4, -0.2) is 26.5 Å². The molecular weight excluding hydrogens is 396 g/mol. The highest BCUT2D eigenvalue weighted by atomic mass is 32.2. The Hall–Kier alpha value is -2.12. The van der Waals surface area contributed by atoms with E-state index < -0.39 is 34.0 Å². The van der Waals surface area contributed by atoms with Gasteiger partial charge in [-0.3, -0.25) is 4.79 Å². The SMILES string of the molecule is Cc1cc(-c2ccccc2F)cc(C(=O)CNS(=O)(=O)CC2CCCCC2)c1F. The van der Waals surface area contributed by atoms with E-state index >= 15 is 0 Å². The van der Waals surface area contributed by atoms with Crippen molar-refractivity contribution in [1.29, 1.82) is 0 Å². The van der Waals surface area contributed by atoms with E-state index in [1.165, 1.54) is 25.1 Å². The van der Waals surface area contributed by atoms with Crippen molar-refractivity contribution in [2.24, 2.45) is 5.92 Å². The molecule has 0 saturated heterocycles. The zero-order valence-electron chi connectivity index (χ0n) is 16.4. The third-order valence-electron chi connectivity index (χ3n) is 5.37. The van der Waals surface area contributed by atoms with Crippen LogP contribution in [0.4, 0.5) is 8.78 Å². The van der Waals surface area contributed by atoms with Gasteiger partial charge in [-0.15, -0.1) is 0 Å². The van der Waals surface area contributed by atoms with Gasteiger partial charge >= 0.3 is 0 Å². The summed E-state index contributed by atoms with van der Waals surface area (Å²) in [6.45, 7) is 0.968. The van der Waals surface area contributed by atoms with Gasteiger partial charge in [-0.05, 0) is 55.0 Å². The molecule has 156 valence electrons. The van der Waals surface area contributed by atoms with Gasteiger partial charge in [0.15, 0.2) is 5.78 Å². The first-order valence-electron chi connectivity index (χ1n) is 9.82. The normalized spacial score (nSPS) is 15.4. The van der Waals surface area contributed by atoms with Crippen molar-refractivity contribution in [3.63, 3.8) is 0 Å². The highest BCUT2D eigenvalue weighted by Gasteiger charge is 2.23. The molecule has 29 heavy (non-hydrogen) atoms. The van der Waals surface area contributed by atoms with E-state index in [-0.39, 0.29) is 28.4 Å². The van der Waals surface area contributed by atoms with Gasteiger partial charge in [0.25, 0.3) is 0 Å². The summed E-state index contributed by atoms with van der Waals surface area (Å²) in [6, 6.07) is 8.77. The van der Waals surface area contributed by atoms with Gasteiger partial charge in [0, 0.05) is 5.56 Å². The molecule has 2 aromatic rings. The molecule has 0 heterocycles. The minimum atomic E-state index is -3.63. The third kappa shape index (κ3) is 5.48. The van der Waals surface area contributed by atoms with Crippen molar-refractivity contribution in [1.82, 2.24) is 4.72 Å². The van der Waals surface area contributed by atoms with Gasteiger partial charge in [-0.25, -0.2) is 21.9 Å². The molecule has 1 aliphatic carbocycles. The highest BCUT2D eigenvalue weighted by Crippen LogP contribution is 2.27. The van der Waals surface area contributed by atoms with Crippen LogP contribution in [0.3, 0.4) is 0 Å². The monoisotopic (exact) mass is 421 g/mol. The van der Waals surface area contributed by atoms with Crippen LogP contribution in [0.15, 0.2) is 36.4 Å². The summed E-state index contributed by atoms with van der Waals surface area (Å²) in [4.78, 5) is 12.6. The first-order valence-corrected chi connectivity index (χ1v) is 11.5. The predicted molar refractivity (Wildman–Crippen MR) is 109 cm³/mol. The maximum absolute atomic E-state index is 14.5. The molecule has 1 aliphatic rings. The summed E-state index contributed by atoms with van der Waals surface area (Å²) < 4.78 is 55.6. The number of ketones is 1. The second-order valence-electron chi connectivity index (χ2n) is 7.66. The van der Waals surface area contributed by atoms with Gasteiger partial charge in [-0.2, -0.15) is 0 Å². The second-order valence-corrected chi connectivity index (χ2v) is 9.52. The first kappa shape index (κ1) is 21.6. The highest BCUT2D eigenvalue weighted by molar-refractivity contribution is 7.89. The minimum Gasteiger partial charge on any atom is -0.293 e. The Morgan fingerprint density at radius 3 is 2.48 bits per heavy atom. The number of hydrogen-bond donors (Lipinski definition) is 1. The maximum Gasteiger partial charge on any atom is 0.212 e. The lowest BCUT2D eigenvalue weighted by Crippen LogP contribution is -2.34. The second kappa shape index (κ2) is 9.13. The summed E-state index contributed by atoms with van der Waals surface area (Å²) >= 11 is 0. The van der Waals surface area contributed by atoms with Gasteiger partial charge in [0.05, 0.1) is 17.9 Å². The molecule has 0 unspecified atom stereocenters. The van der Waals surface area contributed by atoms with Gasteiger partial charge in [0.1, 0.15) is 11.6 Å². The molecule has 0 amide bonds. The number of hydrogen-bond acceptors (Lipinski definition) is 3. The van der Waals surface area contributed by atoms with Gasteiger partial charge in [-0.1, -0.05) is 37.5 Å². The van der Waals surface area contributed by atoms with Crippen molar-refractivity contribution < 1.29 is 22.0 Å². The van der Waals surface area contributed by atoms with Crippen molar-refractivity contribution in [3.05, 3.63) is 59.2 Å². The van der Waals surface area contributed by atoms with Gasteiger partial charge in [0.2, 0.25) is 10.0 Å².